The summed E-state index contributed by atoms with van der Waals surface area (Å²) in [7, 11) is -2.08. The lowest BCUT2D eigenvalue weighted by molar-refractivity contribution is 0.154. The normalized spacial score (nSPS) is 11.6. The van der Waals surface area contributed by atoms with Crippen LogP contribution in [-0.2, 0) is 14.8 Å². The van der Waals surface area contributed by atoms with E-state index in [-0.39, 0.29) is 4.90 Å². The van der Waals surface area contributed by atoms with Crippen LogP contribution in [0.2, 0.25) is 0 Å². The largest absolute Gasteiger partial charge is 0.397 e. The lowest BCUT2D eigenvalue weighted by Gasteiger charge is -2.25. The Bertz CT molecular complexity index is 532. The molecule has 20 heavy (non-hydrogen) atoms. The van der Waals surface area contributed by atoms with Gasteiger partial charge >= 0.3 is 0 Å². The van der Waals surface area contributed by atoms with E-state index in [1.54, 1.807) is 12.1 Å². The maximum Gasteiger partial charge on any atom is 0.240 e. The Morgan fingerprint density at radius 1 is 1.35 bits per heavy atom. The van der Waals surface area contributed by atoms with Crippen LogP contribution in [0.3, 0.4) is 0 Å². The van der Waals surface area contributed by atoms with Crippen molar-refractivity contribution in [3.63, 3.8) is 0 Å². The molecule has 0 fully saturated rings. The van der Waals surface area contributed by atoms with Crippen molar-refractivity contribution < 1.29 is 13.2 Å². The molecule has 0 amide bonds. The minimum atomic E-state index is -3.47. The van der Waals surface area contributed by atoms with Crippen molar-refractivity contribution in [3.05, 3.63) is 18.2 Å². The van der Waals surface area contributed by atoms with Gasteiger partial charge in [-0.2, -0.15) is 0 Å². The second kappa shape index (κ2) is 7.47. The SMILES string of the molecule is CCOCCN(CC)c1cc(S(=O)(=O)NC)ccc1N. The van der Waals surface area contributed by atoms with E-state index in [4.69, 9.17) is 10.5 Å². The van der Waals surface area contributed by atoms with E-state index in [1.165, 1.54) is 13.1 Å². The molecule has 0 spiro atoms. The molecule has 0 saturated heterocycles. The highest BCUT2D eigenvalue weighted by molar-refractivity contribution is 7.89. The smallest absolute Gasteiger partial charge is 0.240 e. The van der Waals surface area contributed by atoms with Gasteiger partial charge in [0.15, 0.2) is 0 Å². The maximum absolute atomic E-state index is 11.8. The van der Waals surface area contributed by atoms with Crippen molar-refractivity contribution >= 4 is 21.4 Å². The Balaban J connectivity index is 3.06. The second-order valence-corrected chi connectivity index (χ2v) is 6.09. The Morgan fingerprint density at radius 2 is 2.05 bits per heavy atom. The average molecular weight is 301 g/mol. The number of hydrogen-bond acceptors (Lipinski definition) is 5. The van der Waals surface area contributed by atoms with E-state index in [2.05, 4.69) is 4.72 Å². The van der Waals surface area contributed by atoms with Crippen molar-refractivity contribution in [2.45, 2.75) is 18.7 Å². The standard InChI is InChI=1S/C13H23N3O3S/c1-4-16(8-9-19-5-2)13-10-11(6-7-12(13)14)20(17,18)15-3/h6-7,10,15H,4-5,8-9,14H2,1-3H3. The summed E-state index contributed by atoms with van der Waals surface area (Å²) < 4.78 is 31.3. The molecule has 0 radical (unpaired) electrons. The third-order valence-electron chi connectivity index (χ3n) is 3.01. The zero-order valence-corrected chi connectivity index (χ0v) is 13.0. The molecule has 0 heterocycles. The van der Waals surface area contributed by atoms with Crippen LogP contribution in [0.4, 0.5) is 11.4 Å². The number of likely N-dealkylation sites (N-methyl/N-ethyl adjacent to an activating group) is 1. The summed E-state index contributed by atoms with van der Waals surface area (Å²) in [4.78, 5) is 2.21. The molecule has 6 nitrogen and oxygen atoms in total. The molecule has 0 unspecified atom stereocenters. The topological polar surface area (TPSA) is 84.7 Å². The van der Waals surface area contributed by atoms with Gasteiger partial charge in [0, 0.05) is 19.7 Å². The number of anilines is 2. The van der Waals surface area contributed by atoms with E-state index in [0.29, 0.717) is 31.1 Å². The van der Waals surface area contributed by atoms with Crippen LogP contribution >= 0.6 is 0 Å². The summed E-state index contributed by atoms with van der Waals surface area (Å²) in [6, 6.07) is 4.71. The first-order chi connectivity index (χ1) is 9.46. The monoisotopic (exact) mass is 301 g/mol. The fourth-order valence-electron chi connectivity index (χ4n) is 1.85. The summed E-state index contributed by atoms with van der Waals surface area (Å²) in [6.07, 6.45) is 0. The van der Waals surface area contributed by atoms with Crippen LogP contribution in [0.15, 0.2) is 23.1 Å². The number of hydrogen-bond donors (Lipinski definition) is 2. The van der Waals surface area contributed by atoms with Crippen LogP contribution < -0.4 is 15.4 Å². The fourth-order valence-corrected chi connectivity index (χ4v) is 2.60. The van der Waals surface area contributed by atoms with E-state index in [0.717, 1.165) is 6.54 Å². The number of nitrogens with one attached hydrogen (secondary N) is 1. The van der Waals surface area contributed by atoms with E-state index < -0.39 is 10.0 Å². The zero-order valence-electron chi connectivity index (χ0n) is 12.2. The number of ether oxygens (including phenoxy) is 1. The summed E-state index contributed by atoms with van der Waals surface area (Å²) in [5, 5.41) is 0. The molecule has 0 bridgehead atoms. The molecule has 114 valence electrons. The van der Waals surface area contributed by atoms with Crippen molar-refractivity contribution in [3.8, 4) is 0 Å². The number of sulfonamides is 1. The highest BCUT2D eigenvalue weighted by atomic mass is 32.2. The van der Waals surface area contributed by atoms with E-state index in [9.17, 15) is 8.42 Å². The number of nitrogens with zero attached hydrogens (tertiary/aromatic N) is 1. The number of rotatable bonds is 8. The molecule has 3 N–H and O–H groups in total. The molecule has 0 atom stereocenters. The summed E-state index contributed by atoms with van der Waals surface area (Å²) in [5.74, 6) is 0. The first-order valence-electron chi connectivity index (χ1n) is 6.62. The summed E-state index contributed by atoms with van der Waals surface area (Å²) in [5.41, 5.74) is 7.22. The molecule has 1 aromatic rings. The van der Waals surface area contributed by atoms with E-state index in [1.807, 2.05) is 18.7 Å². The maximum atomic E-state index is 11.8. The minimum Gasteiger partial charge on any atom is -0.397 e. The predicted octanol–water partition coefficient (Wildman–Crippen LogP) is 1.04. The molecule has 0 aliphatic rings. The predicted molar refractivity (Wildman–Crippen MR) is 81.5 cm³/mol. The van der Waals surface area contributed by atoms with Crippen LogP contribution in [0.25, 0.3) is 0 Å². The third-order valence-corrected chi connectivity index (χ3v) is 4.43. The van der Waals surface area contributed by atoms with Gasteiger partial charge in [-0.15, -0.1) is 0 Å². The van der Waals surface area contributed by atoms with Crippen molar-refractivity contribution in [2.24, 2.45) is 0 Å². The summed E-state index contributed by atoms with van der Waals surface area (Å²) in [6.45, 7) is 6.54. The van der Waals surface area contributed by atoms with Crippen LogP contribution in [0, 0.1) is 0 Å². The lowest BCUT2D eigenvalue weighted by atomic mass is 10.2. The van der Waals surface area contributed by atoms with E-state index >= 15 is 0 Å². The molecule has 0 saturated carbocycles. The summed E-state index contributed by atoms with van der Waals surface area (Å²) >= 11 is 0. The van der Waals surface area contributed by atoms with Crippen molar-refractivity contribution in [1.29, 1.82) is 0 Å². The van der Waals surface area contributed by atoms with Gasteiger partial charge in [-0.1, -0.05) is 0 Å². The van der Waals surface area contributed by atoms with Crippen molar-refractivity contribution in [1.82, 2.24) is 4.72 Å². The molecule has 0 aromatic heterocycles. The van der Waals surface area contributed by atoms with Gasteiger partial charge in [0.05, 0.1) is 22.9 Å². The first kappa shape index (κ1) is 16.7. The van der Waals surface area contributed by atoms with Gasteiger partial charge in [-0.3, -0.25) is 0 Å². The van der Waals surface area contributed by atoms with Gasteiger partial charge in [-0.05, 0) is 39.1 Å². The number of nitrogen functional groups attached to an aromatic ring is 1. The molecule has 0 aliphatic carbocycles. The van der Waals surface area contributed by atoms with Crippen LogP contribution in [0.5, 0.6) is 0 Å². The second-order valence-electron chi connectivity index (χ2n) is 4.20. The molecular formula is C13H23N3O3S. The minimum absolute atomic E-state index is 0.207. The first-order valence-corrected chi connectivity index (χ1v) is 8.10. The van der Waals surface area contributed by atoms with Crippen molar-refractivity contribution in [2.75, 3.05) is 44.0 Å². The highest BCUT2D eigenvalue weighted by Crippen LogP contribution is 2.26. The van der Waals surface area contributed by atoms with Crippen LogP contribution in [-0.4, -0.2) is 41.8 Å². The number of nitrogens with two attached hydrogens (primary N) is 1. The Hall–Kier alpha value is -1.31. The Labute approximate surface area is 121 Å². The zero-order chi connectivity index (χ0) is 15.2. The Kier molecular flexibility index (Phi) is 6.25. The van der Waals surface area contributed by atoms with Gasteiger partial charge in [0.2, 0.25) is 10.0 Å². The quantitative estimate of drug-likeness (QED) is 0.553. The molecule has 0 aliphatic heterocycles. The lowest BCUT2D eigenvalue weighted by Crippen LogP contribution is -2.28. The molecule has 1 aromatic carbocycles. The molecule has 1 rings (SSSR count). The van der Waals surface area contributed by atoms with Crippen LogP contribution in [0.1, 0.15) is 13.8 Å². The molecular weight excluding hydrogens is 278 g/mol. The third kappa shape index (κ3) is 4.09. The van der Waals surface area contributed by atoms with Gasteiger partial charge in [0.1, 0.15) is 0 Å². The van der Waals surface area contributed by atoms with Gasteiger partial charge < -0.3 is 15.4 Å². The van der Waals surface area contributed by atoms with Gasteiger partial charge in [-0.25, -0.2) is 13.1 Å². The number of benzene rings is 1. The van der Waals surface area contributed by atoms with Gasteiger partial charge in [0.25, 0.3) is 0 Å². The average Bonchev–Trinajstić information content (AvgIpc) is 2.44. The Morgan fingerprint density at radius 3 is 2.60 bits per heavy atom. The highest BCUT2D eigenvalue weighted by Gasteiger charge is 2.15. The fraction of sp³-hybridized carbons (Fsp3) is 0.538. The molecule has 7 heteroatoms.